The van der Waals surface area contributed by atoms with Gasteiger partial charge in [0.05, 0.1) is 24.5 Å². The van der Waals surface area contributed by atoms with Gasteiger partial charge in [-0.15, -0.1) is 0 Å². The van der Waals surface area contributed by atoms with Crippen molar-refractivity contribution in [3.8, 4) is 0 Å². The van der Waals surface area contributed by atoms with Crippen LogP contribution in [0, 0.1) is 11.7 Å². The Morgan fingerprint density at radius 3 is 2.30 bits per heavy atom. The van der Waals surface area contributed by atoms with E-state index in [4.69, 9.17) is 4.74 Å². The van der Waals surface area contributed by atoms with Gasteiger partial charge in [0.25, 0.3) is 5.91 Å². The third kappa shape index (κ3) is 6.76. The first kappa shape index (κ1) is 26.4. The Labute approximate surface area is 216 Å². The zero-order chi connectivity index (χ0) is 26.4. The molecule has 198 valence electrons. The van der Waals surface area contributed by atoms with E-state index < -0.39 is 5.82 Å². The van der Waals surface area contributed by atoms with E-state index in [-0.39, 0.29) is 29.5 Å². The summed E-state index contributed by atoms with van der Waals surface area (Å²) in [6, 6.07) is 11.1. The number of ether oxygens (including phenoxy) is 1. The van der Waals surface area contributed by atoms with Gasteiger partial charge in [-0.05, 0) is 36.2 Å². The largest absolute Gasteiger partial charge is 0.378 e. The van der Waals surface area contributed by atoms with Crippen molar-refractivity contribution in [1.82, 2.24) is 9.80 Å². The van der Waals surface area contributed by atoms with Gasteiger partial charge < -0.3 is 30.1 Å². The van der Waals surface area contributed by atoms with E-state index in [9.17, 15) is 18.8 Å². The fraction of sp³-hybridized carbons (Fsp3) is 0.444. The molecule has 2 saturated heterocycles. The number of piperazine rings is 1. The number of morpholine rings is 1. The molecule has 37 heavy (non-hydrogen) atoms. The Morgan fingerprint density at radius 2 is 1.62 bits per heavy atom. The lowest BCUT2D eigenvalue weighted by atomic mass is 10.1. The van der Waals surface area contributed by atoms with Gasteiger partial charge in [0.15, 0.2) is 0 Å². The molecule has 0 spiro atoms. The number of carbonyl (C=O) groups is 3. The highest BCUT2D eigenvalue weighted by atomic mass is 19.1. The second-order valence-corrected chi connectivity index (χ2v) is 9.67. The number of urea groups is 1. The summed E-state index contributed by atoms with van der Waals surface area (Å²) in [5.74, 6) is -0.470. The Morgan fingerprint density at radius 1 is 0.919 bits per heavy atom. The fourth-order valence-electron chi connectivity index (χ4n) is 4.49. The first-order valence-electron chi connectivity index (χ1n) is 12.7. The van der Waals surface area contributed by atoms with Crippen LogP contribution in [-0.4, -0.2) is 80.1 Å². The molecule has 0 aromatic heterocycles. The predicted octanol–water partition coefficient (Wildman–Crippen LogP) is 3.64. The highest BCUT2D eigenvalue weighted by Gasteiger charge is 2.27. The number of nitrogens with one attached hydrogen (secondary N) is 2. The summed E-state index contributed by atoms with van der Waals surface area (Å²) < 4.78 is 19.3. The van der Waals surface area contributed by atoms with E-state index in [1.54, 1.807) is 34.1 Å². The van der Waals surface area contributed by atoms with E-state index >= 15 is 0 Å². The van der Waals surface area contributed by atoms with Crippen LogP contribution in [0.2, 0.25) is 0 Å². The SMILES string of the molecule is CC(C)CC(=O)Nc1ccc(N2CCN(C(=O)Nc3ccccc3F)CC2)c(C(=O)N2CCOCC2)c1. The molecule has 2 aromatic rings. The molecule has 2 N–H and O–H groups in total. The zero-order valence-electron chi connectivity index (χ0n) is 21.3. The molecule has 0 unspecified atom stereocenters. The minimum Gasteiger partial charge on any atom is -0.378 e. The zero-order valence-corrected chi connectivity index (χ0v) is 21.3. The molecule has 9 nitrogen and oxygen atoms in total. The number of hydrogen-bond donors (Lipinski definition) is 2. The van der Waals surface area contributed by atoms with Crippen molar-refractivity contribution in [2.75, 3.05) is 68.0 Å². The number of para-hydroxylation sites is 1. The predicted molar refractivity (Wildman–Crippen MR) is 140 cm³/mol. The Kier molecular flexibility index (Phi) is 8.60. The summed E-state index contributed by atoms with van der Waals surface area (Å²) in [6.45, 7) is 7.79. The summed E-state index contributed by atoms with van der Waals surface area (Å²) in [6.07, 6.45) is 0.394. The second kappa shape index (κ2) is 12.1. The molecule has 2 aromatic carbocycles. The van der Waals surface area contributed by atoms with Crippen LogP contribution in [0.15, 0.2) is 42.5 Å². The van der Waals surface area contributed by atoms with Crippen molar-refractivity contribution in [3.63, 3.8) is 0 Å². The van der Waals surface area contributed by atoms with Crippen LogP contribution in [0.1, 0.15) is 30.6 Å². The first-order valence-corrected chi connectivity index (χ1v) is 12.7. The number of amides is 4. The number of anilines is 3. The van der Waals surface area contributed by atoms with Crippen LogP contribution in [0.5, 0.6) is 0 Å². The summed E-state index contributed by atoms with van der Waals surface area (Å²) >= 11 is 0. The quantitative estimate of drug-likeness (QED) is 0.618. The molecule has 0 atom stereocenters. The minimum absolute atomic E-state index is 0.0954. The average molecular weight is 512 g/mol. The van der Waals surface area contributed by atoms with Gasteiger partial charge >= 0.3 is 6.03 Å². The van der Waals surface area contributed by atoms with E-state index in [2.05, 4.69) is 15.5 Å². The summed E-state index contributed by atoms with van der Waals surface area (Å²) in [4.78, 5) is 44.0. The molecule has 0 saturated carbocycles. The third-order valence-electron chi connectivity index (χ3n) is 6.43. The van der Waals surface area contributed by atoms with Gasteiger partial charge in [0.2, 0.25) is 5.91 Å². The summed E-state index contributed by atoms with van der Waals surface area (Å²) in [5, 5.41) is 5.53. The minimum atomic E-state index is -0.485. The highest BCUT2D eigenvalue weighted by Crippen LogP contribution is 2.28. The highest BCUT2D eigenvalue weighted by molar-refractivity contribution is 6.02. The number of hydrogen-bond acceptors (Lipinski definition) is 5. The van der Waals surface area contributed by atoms with Gasteiger partial charge in [-0.3, -0.25) is 9.59 Å². The first-order chi connectivity index (χ1) is 17.8. The number of benzene rings is 2. The van der Waals surface area contributed by atoms with Crippen molar-refractivity contribution in [2.24, 2.45) is 5.92 Å². The van der Waals surface area contributed by atoms with Crippen LogP contribution in [0.4, 0.5) is 26.2 Å². The second-order valence-electron chi connectivity index (χ2n) is 9.67. The molecule has 2 aliphatic rings. The molecule has 2 heterocycles. The van der Waals surface area contributed by atoms with Crippen LogP contribution in [-0.2, 0) is 9.53 Å². The Hall–Kier alpha value is -3.66. The lowest BCUT2D eigenvalue weighted by Crippen LogP contribution is -2.50. The summed E-state index contributed by atoms with van der Waals surface area (Å²) in [5.41, 5.74) is 1.98. The third-order valence-corrected chi connectivity index (χ3v) is 6.43. The fourth-order valence-corrected chi connectivity index (χ4v) is 4.49. The molecular weight excluding hydrogens is 477 g/mol. The van der Waals surface area contributed by atoms with Crippen molar-refractivity contribution in [1.29, 1.82) is 0 Å². The lowest BCUT2D eigenvalue weighted by molar-refractivity contribution is -0.116. The standard InChI is InChI=1S/C27H34FN5O4/c1-19(2)17-25(34)29-20-7-8-24(21(18-20)26(35)32-13-15-37-16-14-32)31-9-11-33(12-10-31)27(36)30-23-6-4-3-5-22(23)28/h3-8,18-19H,9-17H2,1-2H3,(H,29,34)(H,30,36). The van der Waals surface area contributed by atoms with E-state index in [0.717, 1.165) is 5.69 Å². The van der Waals surface area contributed by atoms with Crippen molar-refractivity contribution in [3.05, 3.63) is 53.8 Å². The molecule has 0 radical (unpaired) electrons. The molecule has 4 amide bonds. The Balaban J connectivity index is 1.48. The number of nitrogens with zero attached hydrogens (tertiary/aromatic N) is 3. The van der Waals surface area contributed by atoms with Gasteiger partial charge in [-0.2, -0.15) is 0 Å². The monoisotopic (exact) mass is 511 g/mol. The maximum Gasteiger partial charge on any atom is 0.322 e. The van der Waals surface area contributed by atoms with Crippen LogP contribution >= 0.6 is 0 Å². The van der Waals surface area contributed by atoms with E-state index in [0.29, 0.717) is 70.2 Å². The van der Waals surface area contributed by atoms with Crippen molar-refractivity contribution in [2.45, 2.75) is 20.3 Å². The van der Waals surface area contributed by atoms with Gasteiger partial charge in [0, 0.05) is 57.1 Å². The molecule has 0 aliphatic carbocycles. The lowest BCUT2D eigenvalue weighted by Gasteiger charge is -2.37. The van der Waals surface area contributed by atoms with Crippen LogP contribution in [0.3, 0.4) is 0 Å². The van der Waals surface area contributed by atoms with Crippen LogP contribution in [0.25, 0.3) is 0 Å². The van der Waals surface area contributed by atoms with Crippen LogP contribution < -0.4 is 15.5 Å². The maximum absolute atomic E-state index is 13.9. The van der Waals surface area contributed by atoms with Crippen molar-refractivity contribution >= 4 is 34.9 Å². The molecular formula is C27H34FN5O4. The number of halogens is 1. The molecule has 2 fully saturated rings. The molecule has 10 heteroatoms. The molecule has 4 rings (SSSR count). The van der Waals surface area contributed by atoms with Crippen molar-refractivity contribution < 1.29 is 23.5 Å². The van der Waals surface area contributed by atoms with Gasteiger partial charge in [-0.25, -0.2) is 9.18 Å². The van der Waals surface area contributed by atoms with Gasteiger partial charge in [-0.1, -0.05) is 26.0 Å². The maximum atomic E-state index is 13.9. The normalized spacial score (nSPS) is 16.1. The number of carbonyl (C=O) groups excluding carboxylic acids is 3. The average Bonchev–Trinajstić information content (AvgIpc) is 2.89. The Bertz CT molecular complexity index is 1130. The van der Waals surface area contributed by atoms with E-state index in [1.165, 1.54) is 12.1 Å². The smallest absolute Gasteiger partial charge is 0.322 e. The topological polar surface area (TPSA) is 94.2 Å². The van der Waals surface area contributed by atoms with E-state index in [1.807, 2.05) is 19.9 Å². The van der Waals surface area contributed by atoms with Gasteiger partial charge in [0.1, 0.15) is 5.82 Å². The molecule has 2 aliphatic heterocycles. The summed E-state index contributed by atoms with van der Waals surface area (Å²) in [7, 11) is 0. The molecule has 0 bridgehead atoms. The number of rotatable bonds is 6.